The first-order valence-corrected chi connectivity index (χ1v) is 13.6. The van der Waals surface area contributed by atoms with Gasteiger partial charge in [0.15, 0.2) is 0 Å². The average molecular weight is 549 g/mol. The van der Waals surface area contributed by atoms with Gasteiger partial charge in [0.1, 0.15) is 6.04 Å². The Kier molecular flexibility index (Phi) is 7.93. The fourth-order valence-corrected chi connectivity index (χ4v) is 6.30. The predicted molar refractivity (Wildman–Crippen MR) is 146 cm³/mol. The number of sulfonamides is 1. The smallest absolute Gasteiger partial charge is 0.252 e. The standard InChI is InChI=1S/C28H28N4O6S/c1-18(21-7-5-4-6-8-21)32(39(37,38)25-15-11-23(12-16-25)30-20(3)34)26-17-27(35)31(28(26)36)24-13-9-22(10-14-24)29-19(2)33/h4-16,18,26H,17H2,1-3H3,(H,29,33)(H,30,34). The summed E-state index contributed by atoms with van der Waals surface area (Å²) in [5, 5.41) is 5.21. The highest BCUT2D eigenvalue weighted by atomic mass is 32.2. The van der Waals surface area contributed by atoms with Crippen molar-refractivity contribution in [2.24, 2.45) is 0 Å². The normalized spacial score (nSPS) is 16.3. The van der Waals surface area contributed by atoms with Gasteiger partial charge in [-0.1, -0.05) is 30.3 Å². The van der Waals surface area contributed by atoms with Crippen molar-refractivity contribution in [1.29, 1.82) is 0 Å². The van der Waals surface area contributed by atoms with Crippen molar-refractivity contribution in [2.75, 3.05) is 15.5 Å². The molecule has 1 fully saturated rings. The first-order valence-electron chi connectivity index (χ1n) is 12.2. The maximum atomic E-state index is 14.0. The highest BCUT2D eigenvalue weighted by Crippen LogP contribution is 2.36. The molecule has 4 rings (SSSR count). The number of hydrogen-bond donors (Lipinski definition) is 2. The van der Waals surface area contributed by atoms with Crippen molar-refractivity contribution in [3.05, 3.63) is 84.4 Å². The zero-order valence-corrected chi connectivity index (χ0v) is 22.4. The summed E-state index contributed by atoms with van der Waals surface area (Å²) in [5.41, 5.74) is 1.83. The Hall–Kier alpha value is -4.35. The minimum absolute atomic E-state index is 0.0854. The van der Waals surface area contributed by atoms with Crippen LogP contribution in [0.4, 0.5) is 17.1 Å². The summed E-state index contributed by atoms with van der Waals surface area (Å²) in [7, 11) is -4.29. The van der Waals surface area contributed by atoms with Crippen LogP contribution in [0.3, 0.4) is 0 Å². The molecule has 1 saturated heterocycles. The van der Waals surface area contributed by atoms with Crippen molar-refractivity contribution in [1.82, 2.24) is 4.31 Å². The summed E-state index contributed by atoms with van der Waals surface area (Å²) < 4.78 is 29.1. The summed E-state index contributed by atoms with van der Waals surface area (Å²) in [6, 6.07) is 18.6. The lowest BCUT2D eigenvalue weighted by Crippen LogP contribution is -2.46. The van der Waals surface area contributed by atoms with Gasteiger partial charge in [0, 0.05) is 31.3 Å². The zero-order valence-electron chi connectivity index (χ0n) is 21.6. The highest BCUT2D eigenvalue weighted by Gasteiger charge is 2.49. The number of carbonyl (C=O) groups excluding carboxylic acids is 4. The van der Waals surface area contributed by atoms with Crippen LogP contribution in [0.15, 0.2) is 83.8 Å². The van der Waals surface area contributed by atoms with E-state index in [2.05, 4.69) is 10.6 Å². The number of anilines is 3. The highest BCUT2D eigenvalue weighted by molar-refractivity contribution is 7.89. The lowest BCUT2D eigenvalue weighted by molar-refractivity contribution is -0.122. The Morgan fingerprint density at radius 1 is 0.846 bits per heavy atom. The Balaban J connectivity index is 1.72. The molecule has 202 valence electrons. The van der Waals surface area contributed by atoms with Crippen LogP contribution in [0.25, 0.3) is 0 Å². The molecule has 2 N–H and O–H groups in total. The van der Waals surface area contributed by atoms with E-state index in [-0.39, 0.29) is 28.8 Å². The number of nitrogens with one attached hydrogen (secondary N) is 2. The van der Waals surface area contributed by atoms with Gasteiger partial charge in [-0.2, -0.15) is 4.31 Å². The number of rotatable bonds is 8. The molecule has 39 heavy (non-hydrogen) atoms. The lowest BCUT2D eigenvalue weighted by atomic mass is 10.1. The number of imide groups is 1. The van der Waals surface area contributed by atoms with Gasteiger partial charge in [0.25, 0.3) is 5.91 Å². The fourth-order valence-electron chi connectivity index (χ4n) is 4.54. The molecular weight excluding hydrogens is 520 g/mol. The molecule has 11 heteroatoms. The number of carbonyl (C=O) groups is 4. The summed E-state index contributed by atoms with van der Waals surface area (Å²) in [5.74, 6) is -1.78. The van der Waals surface area contributed by atoms with Gasteiger partial charge < -0.3 is 10.6 Å². The minimum atomic E-state index is -4.29. The Bertz CT molecular complexity index is 1510. The SMILES string of the molecule is CC(=O)Nc1ccc(N2C(=O)CC(N(C(C)c3ccccc3)S(=O)(=O)c3ccc(NC(C)=O)cc3)C2=O)cc1. The van der Waals surface area contributed by atoms with Gasteiger partial charge in [-0.3, -0.25) is 19.2 Å². The van der Waals surface area contributed by atoms with Crippen LogP contribution in [0.1, 0.15) is 38.8 Å². The molecule has 0 aromatic heterocycles. The molecule has 4 amide bonds. The molecule has 0 aliphatic carbocycles. The summed E-state index contributed by atoms with van der Waals surface area (Å²) >= 11 is 0. The molecule has 0 radical (unpaired) electrons. The van der Waals surface area contributed by atoms with Crippen LogP contribution in [0.2, 0.25) is 0 Å². The van der Waals surface area contributed by atoms with E-state index in [4.69, 9.17) is 0 Å². The fraction of sp³-hybridized carbons (Fsp3) is 0.214. The van der Waals surface area contributed by atoms with Crippen molar-refractivity contribution < 1.29 is 27.6 Å². The second-order valence-corrected chi connectivity index (χ2v) is 11.0. The molecule has 2 unspecified atom stereocenters. The van der Waals surface area contributed by atoms with E-state index in [0.717, 1.165) is 9.21 Å². The molecule has 1 aliphatic rings. The third-order valence-electron chi connectivity index (χ3n) is 6.29. The summed E-state index contributed by atoms with van der Waals surface area (Å²) in [6.07, 6.45) is -0.341. The van der Waals surface area contributed by atoms with Crippen molar-refractivity contribution in [2.45, 2.75) is 44.2 Å². The maximum absolute atomic E-state index is 14.0. The lowest BCUT2D eigenvalue weighted by Gasteiger charge is -2.32. The van der Waals surface area contributed by atoms with Crippen LogP contribution in [0, 0.1) is 0 Å². The largest absolute Gasteiger partial charge is 0.326 e. The predicted octanol–water partition coefficient (Wildman–Crippen LogP) is 3.69. The Labute approximate surface area is 226 Å². The van der Waals surface area contributed by atoms with Crippen LogP contribution in [0.5, 0.6) is 0 Å². The summed E-state index contributed by atoms with van der Waals surface area (Å²) in [4.78, 5) is 50.4. The second kappa shape index (κ2) is 11.2. The van der Waals surface area contributed by atoms with Gasteiger partial charge in [-0.25, -0.2) is 13.3 Å². The molecule has 3 aromatic rings. The molecule has 1 heterocycles. The van der Waals surface area contributed by atoms with Crippen molar-refractivity contribution in [3.8, 4) is 0 Å². The quantitative estimate of drug-likeness (QED) is 0.413. The number of nitrogens with zero attached hydrogens (tertiary/aromatic N) is 2. The van der Waals surface area contributed by atoms with E-state index < -0.39 is 33.9 Å². The third kappa shape index (κ3) is 5.89. The van der Waals surface area contributed by atoms with Gasteiger partial charge in [0.2, 0.25) is 27.7 Å². The third-order valence-corrected chi connectivity index (χ3v) is 8.28. The number of hydrogen-bond acceptors (Lipinski definition) is 6. The van der Waals surface area contributed by atoms with Crippen molar-refractivity contribution >= 4 is 50.7 Å². The maximum Gasteiger partial charge on any atom is 0.252 e. The van der Waals surface area contributed by atoms with E-state index in [9.17, 15) is 27.6 Å². The van der Waals surface area contributed by atoms with E-state index in [1.165, 1.54) is 50.2 Å². The monoisotopic (exact) mass is 548 g/mol. The number of benzene rings is 3. The van der Waals surface area contributed by atoms with Crippen LogP contribution >= 0.6 is 0 Å². The molecule has 2 atom stereocenters. The first kappa shape index (κ1) is 27.7. The Morgan fingerprint density at radius 2 is 1.36 bits per heavy atom. The van der Waals surface area contributed by atoms with Crippen LogP contribution in [-0.4, -0.2) is 42.4 Å². The second-order valence-electron chi connectivity index (χ2n) is 9.14. The van der Waals surface area contributed by atoms with Crippen LogP contribution < -0.4 is 15.5 Å². The molecule has 0 saturated carbocycles. The van der Waals surface area contributed by atoms with E-state index in [1.54, 1.807) is 49.4 Å². The zero-order chi connectivity index (χ0) is 28.3. The van der Waals surface area contributed by atoms with Gasteiger partial charge in [-0.15, -0.1) is 0 Å². The molecule has 10 nitrogen and oxygen atoms in total. The average Bonchev–Trinajstić information content (AvgIpc) is 3.17. The first-order chi connectivity index (χ1) is 18.5. The van der Waals surface area contributed by atoms with Gasteiger partial charge >= 0.3 is 0 Å². The minimum Gasteiger partial charge on any atom is -0.326 e. The van der Waals surface area contributed by atoms with E-state index in [1.807, 2.05) is 0 Å². The molecule has 1 aliphatic heterocycles. The number of amides is 4. The molecule has 0 spiro atoms. The molecule has 0 bridgehead atoms. The Morgan fingerprint density at radius 3 is 1.87 bits per heavy atom. The van der Waals surface area contributed by atoms with Crippen molar-refractivity contribution in [3.63, 3.8) is 0 Å². The van der Waals surface area contributed by atoms with Crippen LogP contribution in [-0.2, 0) is 29.2 Å². The van der Waals surface area contributed by atoms with E-state index >= 15 is 0 Å². The van der Waals surface area contributed by atoms with E-state index in [0.29, 0.717) is 16.9 Å². The topological polar surface area (TPSA) is 133 Å². The molecule has 3 aromatic carbocycles. The molecular formula is C28H28N4O6S. The summed E-state index contributed by atoms with van der Waals surface area (Å²) in [6.45, 7) is 4.37. The van der Waals surface area contributed by atoms with Gasteiger partial charge in [-0.05, 0) is 61.0 Å². The van der Waals surface area contributed by atoms with Gasteiger partial charge in [0.05, 0.1) is 17.0 Å².